The molecule has 4 rings (SSSR count). The van der Waals surface area contributed by atoms with Gasteiger partial charge in [0.1, 0.15) is 0 Å². The number of para-hydroxylation sites is 1. The summed E-state index contributed by atoms with van der Waals surface area (Å²) in [5, 5.41) is 9.21. The Morgan fingerprint density at radius 3 is 2.32 bits per heavy atom. The van der Waals surface area contributed by atoms with E-state index >= 15 is 0 Å². The molecular weight excluding hydrogens is 327 g/mol. The van der Waals surface area contributed by atoms with Crippen LogP contribution in [0.2, 0.25) is 0 Å². The first-order valence-corrected chi connectivity index (χ1v) is 8.40. The highest BCUT2D eigenvalue weighted by molar-refractivity contribution is 5.84. The fraction of sp³-hybridized carbons (Fsp3) is 0.316. The molecule has 1 aliphatic rings. The third-order valence-corrected chi connectivity index (χ3v) is 4.78. The lowest BCUT2D eigenvalue weighted by atomic mass is 9.93. The maximum Gasteiger partial charge on any atom is 0.416 e. The van der Waals surface area contributed by atoms with Gasteiger partial charge in [-0.25, -0.2) is 4.68 Å². The zero-order valence-electron chi connectivity index (χ0n) is 13.6. The molecule has 0 unspecified atom stereocenters. The molecule has 0 saturated carbocycles. The number of nitrogens with zero attached hydrogens (tertiary/aromatic N) is 2. The molecule has 3 aromatic rings. The maximum absolute atomic E-state index is 12.8. The number of alkyl halides is 3. The van der Waals surface area contributed by atoms with Gasteiger partial charge in [-0.2, -0.15) is 18.3 Å². The fourth-order valence-corrected chi connectivity index (χ4v) is 3.48. The van der Waals surface area contributed by atoms with Gasteiger partial charge in [0.15, 0.2) is 0 Å². The smallest absolute Gasteiger partial charge is 0.317 e. The summed E-state index contributed by atoms with van der Waals surface area (Å²) >= 11 is 0. The third kappa shape index (κ3) is 3.02. The van der Waals surface area contributed by atoms with Gasteiger partial charge in [0.25, 0.3) is 0 Å². The molecule has 1 aromatic heterocycles. The number of hydrogen-bond acceptors (Lipinski definition) is 2. The number of rotatable bonds is 2. The zero-order chi connectivity index (χ0) is 17.4. The zero-order valence-corrected chi connectivity index (χ0v) is 13.6. The van der Waals surface area contributed by atoms with Crippen LogP contribution in [0.4, 0.5) is 13.2 Å². The highest BCUT2D eigenvalue weighted by atomic mass is 19.4. The molecule has 25 heavy (non-hydrogen) atoms. The first-order chi connectivity index (χ1) is 12.0. The lowest BCUT2D eigenvalue weighted by Crippen LogP contribution is -2.26. The summed E-state index contributed by atoms with van der Waals surface area (Å²) in [7, 11) is 0. The predicted octanol–water partition coefficient (Wildman–Crippen LogP) is 4.51. The number of fused-ring (bicyclic) bond motifs is 1. The Hall–Kier alpha value is -2.34. The minimum Gasteiger partial charge on any atom is -0.317 e. The van der Waals surface area contributed by atoms with E-state index in [1.165, 1.54) is 12.1 Å². The van der Waals surface area contributed by atoms with Gasteiger partial charge in [-0.05, 0) is 56.3 Å². The van der Waals surface area contributed by atoms with Crippen LogP contribution in [-0.2, 0) is 6.18 Å². The third-order valence-electron chi connectivity index (χ3n) is 4.78. The number of nitrogens with one attached hydrogen (secondary N) is 1. The highest BCUT2D eigenvalue weighted by Gasteiger charge is 2.30. The van der Waals surface area contributed by atoms with Crippen LogP contribution in [0, 0.1) is 0 Å². The van der Waals surface area contributed by atoms with Crippen LogP contribution < -0.4 is 5.32 Å². The van der Waals surface area contributed by atoms with Crippen molar-refractivity contribution in [1.82, 2.24) is 15.1 Å². The number of benzene rings is 2. The molecule has 1 N–H and O–H groups in total. The molecule has 3 nitrogen and oxygen atoms in total. The van der Waals surface area contributed by atoms with Gasteiger partial charge in [-0.3, -0.25) is 0 Å². The van der Waals surface area contributed by atoms with Gasteiger partial charge in [-0.15, -0.1) is 0 Å². The molecule has 0 atom stereocenters. The average Bonchev–Trinajstić information content (AvgIpc) is 3.02. The number of hydrogen-bond donors (Lipinski definition) is 1. The second kappa shape index (κ2) is 6.19. The largest absolute Gasteiger partial charge is 0.416 e. The Labute approximate surface area is 143 Å². The molecule has 1 aliphatic heterocycles. The topological polar surface area (TPSA) is 29.9 Å². The normalized spacial score (nSPS) is 16.4. The van der Waals surface area contributed by atoms with Crippen LogP contribution in [-0.4, -0.2) is 22.9 Å². The van der Waals surface area contributed by atoms with Crippen molar-refractivity contribution in [3.63, 3.8) is 0 Å². The molecule has 1 saturated heterocycles. The minimum atomic E-state index is -4.33. The van der Waals surface area contributed by atoms with Gasteiger partial charge in [0, 0.05) is 11.3 Å². The van der Waals surface area contributed by atoms with Crippen molar-refractivity contribution in [2.24, 2.45) is 0 Å². The van der Waals surface area contributed by atoms with Crippen molar-refractivity contribution in [3.05, 3.63) is 59.8 Å². The highest BCUT2D eigenvalue weighted by Crippen LogP contribution is 2.33. The van der Waals surface area contributed by atoms with E-state index in [2.05, 4.69) is 5.32 Å². The number of aromatic nitrogens is 2. The summed E-state index contributed by atoms with van der Waals surface area (Å²) < 4.78 is 40.1. The molecule has 130 valence electrons. The fourth-order valence-electron chi connectivity index (χ4n) is 3.48. The van der Waals surface area contributed by atoms with E-state index in [1.807, 2.05) is 24.3 Å². The first-order valence-electron chi connectivity index (χ1n) is 8.40. The quantitative estimate of drug-likeness (QED) is 0.740. The number of piperidine rings is 1. The van der Waals surface area contributed by atoms with Crippen molar-refractivity contribution in [3.8, 4) is 5.69 Å². The summed E-state index contributed by atoms with van der Waals surface area (Å²) in [6.07, 6.45) is -2.28. The van der Waals surface area contributed by atoms with Gasteiger partial charge in [0.05, 0.1) is 22.5 Å². The molecule has 6 heteroatoms. The van der Waals surface area contributed by atoms with Crippen LogP contribution in [0.3, 0.4) is 0 Å². The number of halogens is 3. The Kier molecular flexibility index (Phi) is 4.00. The van der Waals surface area contributed by atoms with E-state index in [4.69, 9.17) is 5.10 Å². The van der Waals surface area contributed by atoms with Crippen molar-refractivity contribution < 1.29 is 13.2 Å². The van der Waals surface area contributed by atoms with Crippen molar-refractivity contribution in [2.75, 3.05) is 13.1 Å². The van der Waals surface area contributed by atoms with E-state index in [0.717, 1.165) is 54.7 Å². The Morgan fingerprint density at radius 1 is 0.960 bits per heavy atom. The van der Waals surface area contributed by atoms with E-state index in [1.54, 1.807) is 4.68 Å². The van der Waals surface area contributed by atoms with E-state index in [0.29, 0.717) is 11.6 Å². The Morgan fingerprint density at radius 2 is 1.64 bits per heavy atom. The van der Waals surface area contributed by atoms with E-state index < -0.39 is 11.7 Å². The van der Waals surface area contributed by atoms with Crippen LogP contribution in [0.1, 0.15) is 30.0 Å². The lowest BCUT2D eigenvalue weighted by molar-refractivity contribution is -0.137. The van der Waals surface area contributed by atoms with E-state index in [9.17, 15) is 13.2 Å². The minimum absolute atomic E-state index is 0.377. The second-order valence-electron chi connectivity index (χ2n) is 6.38. The van der Waals surface area contributed by atoms with Gasteiger partial charge in [-0.1, -0.05) is 18.2 Å². The average molecular weight is 345 g/mol. The molecule has 0 aliphatic carbocycles. The van der Waals surface area contributed by atoms with Crippen LogP contribution in [0.25, 0.3) is 16.6 Å². The lowest BCUT2D eigenvalue weighted by Gasteiger charge is -2.21. The summed E-state index contributed by atoms with van der Waals surface area (Å²) in [6.45, 7) is 1.93. The summed E-state index contributed by atoms with van der Waals surface area (Å²) in [4.78, 5) is 0. The molecule has 0 bridgehead atoms. The standard InChI is InChI=1S/C19H18F3N3/c20-19(21,22)14-5-7-15(8-6-14)25-17-4-2-1-3-16(17)18(24-25)13-9-11-23-12-10-13/h1-8,13,23H,9-12H2. The monoisotopic (exact) mass is 345 g/mol. The first kappa shape index (κ1) is 16.1. The molecule has 0 radical (unpaired) electrons. The maximum atomic E-state index is 12.8. The molecule has 2 heterocycles. The Bertz CT molecular complexity index is 875. The van der Waals surface area contributed by atoms with Crippen molar-refractivity contribution in [2.45, 2.75) is 24.9 Å². The van der Waals surface area contributed by atoms with Crippen LogP contribution in [0.15, 0.2) is 48.5 Å². The van der Waals surface area contributed by atoms with Gasteiger partial charge >= 0.3 is 6.18 Å². The molecular formula is C19H18F3N3. The summed E-state index contributed by atoms with van der Waals surface area (Å²) in [5.41, 5.74) is 1.96. The predicted molar refractivity (Wildman–Crippen MR) is 90.9 cm³/mol. The molecule has 2 aromatic carbocycles. The molecule has 1 fully saturated rings. The molecule has 0 amide bonds. The van der Waals surface area contributed by atoms with Crippen LogP contribution in [0.5, 0.6) is 0 Å². The van der Waals surface area contributed by atoms with Crippen LogP contribution >= 0.6 is 0 Å². The van der Waals surface area contributed by atoms with E-state index in [-0.39, 0.29) is 0 Å². The van der Waals surface area contributed by atoms with Gasteiger partial charge < -0.3 is 5.32 Å². The van der Waals surface area contributed by atoms with Crippen molar-refractivity contribution in [1.29, 1.82) is 0 Å². The second-order valence-corrected chi connectivity index (χ2v) is 6.38. The SMILES string of the molecule is FC(F)(F)c1ccc(-n2nc(C3CCNCC3)c3ccccc32)cc1. The van der Waals surface area contributed by atoms with Gasteiger partial charge in [0.2, 0.25) is 0 Å². The van der Waals surface area contributed by atoms with Crippen molar-refractivity contribution >= 4 is 10.9 Å². The summed E-state index contributed by atoms with van der Waals surface area (Å²) in [6, 6.07) is 13.1. The summed E-state index contributed by atoms with van der Waals surface area (Å²) in [5.74, 6) is 0.377. The Balaban J connectivity index is 1.79. The molecule has 0 spiro atoms.